The number of aliphatic hydroxyl groups is 1. The van der Waals surface area contributed by atoms with Gasteiger partial charge in [0.1, 0.15) is 0 Å². The minimum atomic E-state index is -0.411. The van der Waals surface area contributed by atoms with Gasteiger partial charge in [-0.1, -0.05) is 38.2 Å². The van der Waals surface area contributed by atoms with Crippen LogP contribution in [0.2, 0.25) is 0 Å². The summed E-state index contributed by atoms with van der Waals surface area (Å²) in [5.74, 6) is -0.612. The van der Waals surface area contributed by atoms with Crippen molar-refractivity contribution in [2.45, 2.75) is 58.7 Å². The molecule has 1 atom stereocenters. The molecule has 0 aromatic heterocycles. The van der Waals surface area contributed by atoms with Crippen molar-refractivity contribution in [1.29, 1.82) is 0 Å². The number of ether oxygens (including phenoxy) is 3. The minimum absolute atomic E-state index is 0.0985. The van der Waals surface area contributed by atoms with Crippen LogP contribution in [0, 0.1) is 12.8 Å². The molecule has 0 amide bonds. The summed E-state index contributed by atoms with van der Waals surface area (Å²) in [7, 11) is 0. The predicted molar refractivity (Wildman–Crippen MR) is 99.9 cm³/mol. The molecule has 0 rings (SSSR count). The first-order chi connectivity index (χ1) is 12.1. The van der Waals surface area contributed by atoms with E-state index in [0.717, 1.165) is 25.7 Å². The van der Waals surface area contributed by atoms with Crippen LogP contribution in [-0.4, -0.2) is 43.8 Å². The maximum absolute atomic E-state index is 11.7. The molecule has 0 fully saturated rings. The van der Waals surface area contributed by atoms with Crippen molar-refractivity contribution < 1.29 is 24.1 Å². The van der Waals surface area contributed by atoms with E-state index >= 15 is 0 Å². The Bertz CT molecular complexity index is 345. The Morgan fingerprint density at radius 3 is 2.08 bits per heavy atom. The van der Waals surface area contributed by atoms with Crippen LogP contribution < -0.4 is 0 Å². The van der Waals surface area contributed by atoms with Crippen LogP contribution in [0.25, 0.3) is 0 Å². The molecule has 1 N–H and O–H groups in total. The Morgan fingerprint density at radius 1 is 1.04 bits per heavy atom. The third kappa shape index (κ3) is 16.1. The van der Waals surface area contributed by atoms with Crippen molar-refractivity contribution >= 4 is 5.97 Å². The van der Waals surface area contributed by atoms with Gasteiger partial charge in [-0.2, -0.15) is 0 Å². The third-order valence-electron chi connectivity index (χ3n) is 3.30. The number of hydrogen-bond acceptors (Lipinski definition) is 5. The molecule has 0 saturated heterocycles. The Balaban J connectivity index is 4.14. The molecule has 0 aliphatic rings. The lowest BCUT2D eigenvalue weighted by Crippen LogP contribution is -2.21. The van der Waals surface area contributed by atoms with E-state index in [2.05, 4.69) is 45.1 Å². The summed E-state index contributed by atoms with van der Waals surface area (Å²) in [6.07, 6.45) is 12.3. The Kier molecular flexibility index (Phi) is 16.8. The van der Waals surface area contributed by atoms with E-state index in [1.54, 1.807) is 0 Å². The molecule has 0 spiro atoms. The zero-order valence-electron chi connectivity index (χ0n) is 15.8. The number of aliphatic hydroxyl groups excluding tert-OH is 1. The van der Waals surface area contributed by atoms with Gasteiger partial charge < -0.3 is 19.3 Å². The van der Waals surface area contributed by atoms with Crippen molar-refractivity contribution in [3.8, 4) is 0 Å². The normalized spacial score (nSPS) is 13.2. The summed E-state index contributed by atoms with van der Waals surface area (Å²) < 4.78 is 16.5. The summed E-state index contributed by atoms with van der Waals surface area (Å²) in [5.41, 5.74) is 0. The van der Waals surface area contributed by atoms with Gasteiger partial charge in [-0.25, -0.2) is 0 Å². The SMILES string of the molecule is [CH2]C(CO)COC(=O)CCC(OCC/C=C\CC)OCC/C=C\CC. The molecule has 1 unspecified atom stereocenters. The molecule has 0 saturated carbocycles. The second kappa shape index (κ2) is 17.6. The average Bonchev–Trinajstić information content (AvgIpc) is 2.62. The number of esters is 1. The Hall–Kier alpha value is -1.17. The van der Waals surface area contributed by atoms with Crippen LogP contribution in [0.4, 0.5) is 0 Å². The summed E-state index contributed by atoms with van der Waals surface area (Å²) >= 11 is 0. The number of rotatable bonds is 16. The number of carbonyl (C=O) groups is 1. The predicted octanol–water partition coefficient (Wildman–Crippen LogP) is 3.82. The van der Waals surface area contributed by atoms with Crippen molar-refractivity contribution in [2.24, 2.45) is 5.92 Å². The van der Waals surface area contributed by atoms with Gasteiger partial charge in [0.15, 0.2) is 6.29 Å². The number of allylic oxidation sites excluding steroid dienone is 2. The van der Waals surface area contributed by atoms with E-state index in [9.17, 15) is 4.79 Å². The maximum Gasteiger partial charge on any atom is 0.305 e. The molecule has 0 bridgehead atoms. The monoisotopic (exact) mass is 355 g/mol. The average molecular weight is 355 g/mol. The summed E-state index contributed by atoms with van der Waals surface area (Å²) in [5, 5.41) is 8.88. The fraction of sp³-hybridized carbons (Fsp3) is 0.700. The van der Waals surface area contributed by atoms with E-state index in [0.29, 0.717) is 19.6 Å². The fourth-order valence-corrected chi connectivity index (χ4v) is 1.89. The first-order valence-electron chi connectivity index (χ1n) is 9.26. The van der Waals surface area contributed by atoms with Crippen LogP contribution in [0.15, 0.2) is 24.3 Å². The summed E-state index contributed by atoms with van der Waals surface area (Å²) in [4.78, 5) is 11.7. The lowest BCUT2D eigenvalue weighted by atomic mass is 10.2. The fourth-order valence-electron chi connectivity index (χ4n) is 1.89. The minimum Gasteiger partial charge on any atom is -0.465 e. The molecule has 1 radical (unpaired) electrons. The molecular weight excluding hydrogens is 320 g/mol. The highest BCUT2D eigenvalue weighted by Crippen LogP contribution is 2.08. The Morgan fingerprint density at radius 2 is 1.60 bits per heavy atom. The smallest absolute Gasteiger partial charge is 0.305 e. The quantitative estimate of drug-likeness (QED) is 0.197. The van der Waals surface area contributed by atoms with E-state index in [1.165, 1.54) is 0 Å². The van der Waals surface area contributed by atoms with Gasteiger partial charge in [-0.15, -0.1) is 0 Å². The molecule has 145 valence electrons. The molecule has 25 heavy (non-hydrogen) atoms. The van der Waals surface area contributed by atoms with E-state index in [1.807, 2.05) is 0 Å². The van der Waals surface area contributed by atoms with Gasteiger partial charge in [0.2, 0.25) is 0 Å². The Labute approximate surface area is 153 Å². The van der Waals surface area contributed by atoms with Crippen LogP contribution in [-0.2, 0) is 19.0 Å². The van der Waals surface area contributed by atoms with Crippen molar-refractivity contribution in [3.63, 3.8) is 0 Å². The number of carbonyl (C=O) groups excluding carboxylic acids is 1. The van der Waals surface area contributed by atoms with E-state index in [-0.39, 0.29) is 31.5 Å². The molecule has 0 aromatic rings. The maximum atomic E-state index is 11.7. The van der Waals surface area contributed by atoms with Gasteiger partial charge in [0, 0.05) is 18.9 Å². The molecule has 0 aliphatic carbocycles. The topological polar surface area (TPSA) is 65.0 Å². The second-order valence-corrected chi connectivity index (χ2v) is 5.78. The molecular formula is C20H35O5. The van der Waals surface area contributed by atoms with Gasteiger partial charge in [-0.3, -0.25) is 4.79 Å². The zero-order chi connectivity index (χ0) is 18.8. The van der Waals surface area contributed by atoms with Crippen molar-refractivity contribution in [3.05, 3.63) is 31.2 Å². The lowest BCUT2D eigenvalue weighted by molar-refractivity contribution is -0.158. The largest absolute Gasteiger partial charge is 0.465 e. The first kappa shape index (κ1) is 23.8. The van der Waals surface area contributed by atoms with Gasteiger partial charge >= 0.3 is 5.97 Å². The van der Waals surface area contributed by atoms with Gasteiger partial charge in [0.25, 0.3) is 0 Å². The molecule has 5 heteroatoms. The highest BCUT2D eigenvalue weighted by atomic mass is 16.7. The van der Waals surface area contributed by atoms with Crippen LogP contribution in [0.1, 0.15) is 52.4 Å². The van der Waals surface area contributed by atoms with Crippen LogP contribution in [0.5, 0.6) is 0 Å². The van der Waals surface area contributed by atoms with Crippen molar-refractivity contribution in [1.82, 2.24) is 0 Å². The number of hydrogen-bond donors (Lipinski definition) is 1. The summed E-state index contributed by atoms with van der Waals surface area (Å²) in [6.45, 7) is 9.00. The van der Waals surface area contributed by atoms with Crippen LogP contribution in [0.3, 0.4) is 0 Å². The molecule has 0 aliphatic heterocycles. The standard InChI is InChI=1S/C20H35O5/c1-4-6-8-10-14-23-20(24-15-11-9-7-5-2)13-12-19(22)25-17-18(3)16-21/h6-9,18,20-21H,3-5,10-17H2,1-2H3/b8-6-,9-7-. The third-order valence-corrected chi connectivity index (χ3v) is 3.30. The van der Waals surface area contributed by atoms with E-state index in [4.69, 9.17) is 19.3 Å². The lowest BCUT2D eigenvalue weighted by Gasteiger charge is -2.18. The second-order valence-electron chi connectivity index (χ2n) is 5.78. The highest BCUT2D eigenvalue weighted by Gasteiger charge is 2.13. The molecule has 0 aromatic carbocycles. The van der Waals surface area contributed by atoms with Crippen molar-refractivity contribution in [2.75, 3.05) is 26.4 Å². The summed E-state index contributed by atoms with van der Waals surface area (Å²) in [6, 6.07) is 0. The van der Waals surface area contributed by atoms with E-state index < -0.39 is 6.29 Å². The first-order valence-corrected chi connectivity index (χ1v) is 9.26. The van der Waals surface area contributed by atoms with Gasteiger partial charge in [0.05, 0.1) is 26.2 Å². The highest BCUT2D eigenvalue weighted by molar-refractivity contribution is 5.69. The molecule has 5 nitrogen and oxygen atoms in total. The van der Waals surface area contributed by atoms with Crippen LogP contribution >= 0.6 is 0 Å². The molecule has 0 heterocycles. The zero-order valence-corrected chi connectivity index (χ0v) is 15.8. The van der Waals surface area contributed by atoms with Gasteiger partial charge in [-0.05, 0) is 32.6 Å².